The van der Waals surface area contributed by atoms with Gasteiger partial charge in [0.2, 0.25) is 10.0 Å². The first-order valence-corrected chi connectivity index (χ1v) is 7.18. The van der Waals surface area contributed by atoms with E-state index in [0.29, 0.717) is 5.56 Å². The molecule has 0 aliphatic rings. The number of ether oxygens (including phenoxy) is 1. The van der Waals surface area contributed by atoms with Gasteiger partial charge in [0.25, 0.3) is 0 Å². The van der Waals surface area contributed by atoms with Crippen molar-refractivity contribution in [3.63, 3.8) is 0 Å². The summed E-state index contributed by atoms with van der Waals surface area (Å²) < 4.78 is 41.2. The van der Waals surface area contributed by atoms with E-state index in [1.165, 1.54) is 30.3 Å². The second-order valence-electron chi connectivity index (χ2n) is 4.26. The maximum Gasteiger partial charge on any atom is 0.238 e. The molecule has 0 radical (unpaired) electrons. The van der Waals surface area contributed by atoms with E-state index in [1.54, 1.807) is 13.0 Å². The monoisotopic (exact) mass is 296 g/mol. The van der Waals surface area contributed by atoms with Gasteiger partial charge in [0.1, 0.15) is 11.6 Å². The summed E-state index contributed by atoms with van der Waals surface area (Å²) in [5.74, 6) is -0.111. The van der Waals surface area contributed by atoms with Gasteiger partial charge in [0, 0.05) is 12.1 Å². The molecule has 4 N–H and O–H groups in total. The Morgan fingerprint density at radius 3 is 2.45 bits per heavy atom. The van der Waals surface area contributed by atoms with E-state index in [2.05, 4.69) is 0 Å². The first kappa shape index (κ1) is 14.3. The second kappa shape index (κ2) is 5.10. The van der Waals surface area contributed by atoms with Crippen molar-refractivity contribution >= 4 is 15.7 Å². The molecule has 0 unspecified atom stereocenters. The van der Waals surface area contributed by atoms with Crippen LogP contribution in [0.3, 0.4) is 0 Å². The normalized spacial score (nSPS) is 11.3. The fourth-order valence-corrected chi connectivity index (χ4v) is 2.11. The molecule has 0 bridgehead atoms. The molecule has 0 amide bonds. The summed E-state index contributed by atoms with van der Waals surface area (Å²) in [6, 6.07) is 7.88. The van der Waals surface area contributed by atoms with Crippen molar-refractivity contribution in [3.05, 3.63) is 47.8 Å². The Morgan fingerprint density at radius 1 is 1.10 bits per heavy atom. The third-order valence-corrected chi connectivity index (χ3v) is 3.59. The first-order valence-electron chi connectivity index (χ1n) is 5.64. The largest absolute Gasteiger partial charge is 0.455 e. The van der Waals surface area contributed by atoms with Gasteiger partial charge in [-0.05, 0) is 30.7 Å². The standard InChI is InChI=1S/C13H13FN2O3S/c1-8-2-3-9(14)6-12(8)19-13-7-10(20(16,17)18)4-5-11(13)15/h2-7H,15H2,1H3,(H2,16,17,18). The predicted molar refractivity (Wildman–Crippen MR) is 73.4 cm³/mol. The van der Waals surface area contributed by atoms with Crippen LogP contribution in [0.15, 0.2) is 41.3 Å². The predicted octanol–water partition coefficient (Wildman–Crippen LogP) is 2.16. The van der Waals surface area contributed by atoms with Crippen LogP contribution in [0.2, 0.25) is 0 Å². The van der Waals surface area contributed by atoms with Crippen LogP contribution in [-0.4, -0.2) is 8.42 Å². The van der Waals surface area contributed by atoms with Crippen molar-refractivity contribution in [1.82, 2.24) is 0 Å². The number of hydrogen-bond donors (Lipinski definition) is 2. The van der Waals surface area contributed by atoms with Crippen LogP contribution in [0.4, 0.5) is 10.1 Å². The lowest BCUT2D eigenvalue weighted by atomic mass is 10.2. The van der Waals surface area contributed by atoms with Crippen LogP contribution in [0.1, 0.15) is 5.56 Å². The molecular weight excluding hydrogens is 283 g/mol. The lowest BCUT2D eigenvalue weighted by Gasteiger charge is -2.11. The highest BCUT2D eigenvalue weighted by atomic mass is 32.2. The molecule has 106 valence electrons. The Morgan fingerprint density at radius 2 is 1.80 bits per heavy atom. The Hall–Kier alpha value is -2.12. The van der Waals surface area contributed by atoms with Gasteiger partial charge in [-0.2, -0.15) is 0 Å². The lowest BCUT2D eigenvalue weighted by Crippen LogP contribution is -2.12. The summed E-state index contributed by atoms with van der Waals surface area (Å²) in [5, 5.41) is 5.04. The average Bonchev–Trinajstić information content (AvgIpc) is 2.35. The molecule has 0 spiro atoms. The van der Waals surface area contributed by atoms with Crippen LogP contribution >= 0.6 is 0 Å². The van der Waals surface area contributed by atoms with Crippen LogP contribution < -0.4 is 15.6 Å². The molecule has 0 aliphatic carbocycles. The number of hydrogen-bond acceptors (Lipinski definition) is 4. The van der Waals surface area contributed by atoms with Crippen molar-refractivity contribution in [3.8, 4) is 11.5 Å². The minimum atomic E-state index is -3.86. The van der Waals surface area contributed by atoms with E-state index in [-0.39, 0.29) is 22.1 Å². The van der Waals surface area contributed by atoms with E-state index in [9.17, 15) is 12.8 Å². The summed E-state index contributed by atoms with van der Waals surface area (Å²) in [6.07, 6.45) is 0. The van der Waals surface area contributed by atoms with E-state index < -0.39 is 15.8 Å². The Labute approximate surface area is 116 Å². The van der Waals surface area contributed by atoms with Gasteiger partial charge in [-0.3, -0.25) is 0 Å². The third-order valence-electron chi connectivity index (χ3n) is 2.68. The fraction of sp³-hybridized carbons (Fsp3) is 0.0769. The number of aryl methyl sites for hydroxylation is 1. The van der Waals surface area contributed by atoms with Gasteiger partial charge in [-0.1, -0.05) is 6.07 Å². The highest BCUT2D eigenvalue weighted by Crippen LogP contribution is 2.31. The molecular formula is C13H13FN2O3S. The molecule has 2 rings (SSSR count). The minimum absolute atomic E-state index is 0.102. The number of rotatable bonds is 3. The lowest BCUT2D eigenvalue weighted by molar-refractivity contribution is 0.473. The zero-order chi connectivity index (χ0) is 14.9. The number of benzene rings is 2. The molecule has 0 atom stereocenters. The highest BCUT2D eigenvalue weighted by molar-refractivity contribution is 7.89. The summed E-state index contributed by atoms with van der Waals surface area (Å²) in [6.45, 7) is 1.73. The quantitative estimate of drug-likeness (QED) is 0.848. The van der Waals surface area contributed by atoms with Gasteiger partial charge >= 0.3 is 0 Å². The third kappa shape index (κ3) is 3.06. The van der Waals surface area contributed by atoms with E-state index >= 15 is 0 Å². The van der Waals surface area contributed by atoms with Gasteiger partial charge < -0.3 is 10.5 Å². The molecule has 5 nitrogen and oxygen atoms in total. The highest BCUT2D eigenvalue weighted by Gasteiger charge is 2.12. The summed E-state index contributed by atoms with van der Waals surface area (Å²) in [7, 11) is -3.86. The van der Waals surface area contributed by atoms with Gasteiger partial charge in [-0.15, -0.1) is 0 Å². The van der Waals surface area contributed by atoms with Crippen molar-refractivity contribution in [1.29, 1.82) is 0 Å². The zero-order valence-corrected chi connectivity index (χ0v) is 11.4. The number of nitrogens with two attached hydrogens (primary N) is 2. The Kier molecular flexibility index (Phi) is 3.65. The Balaban J connectivity index is 2.45. The van der Waals surface area contributed by atoms with E-state index in [4.69, 9.17) is 15.6 Å². The van der Waals surface area contributed by atoms with Crippen LogP contribution in [0.5, 0.6) is 11.5 Å². The summed E-state index contributed by atoms with van der Waals surface area (Å²) >= 11 is 0. The van der Waals surface area contributed by atoms with Crippen molar-refractivity contribution in [2.75, 3.05) is 5.73 Å². The molecule has 0 fully saturated rings. The molecule has 0 saturated carbocycles. The first-order chi connectivity index (χ1) is 9.27. The van der Waals surface area contributed by atoms with Crippen LogP contribution in [-0.2, 0) is 10.0 Å². The van der Waals surface area contributed by atoms with E-state index in [0.717, 1.165) is 0 Å². The maximum atomic E-state index is 13.2. The second-order valence-corrected chi connectivity index (χ2v) is 5.82. The van der Waals surface area contributed by atoms with Crippen LogP contribution in [0.25, 0.3) is 0 Å². The van der Waals surface area contributed by atoms with Gasteiger partial charge in [0.05, 0.1) is 10.6 Å². The number of anilines is 1. The minimum Gasteiger partial charge on any atom is -0.455 e. The summed E-state index contributed by atoms with van der Waals surface area (Å²) in [4.78, 5) is -0.129. The maximum absolute atomic E-state index is 13.2. The Bertz CT molecular complexity index is 760. The SMILES string of the molecule is Cc1ccc(F)cc1Oc1cc(S(N)(=O)=O)ccc1N. The van der Waals surface area contributed by atoms with Gasteiger partial charge in [-0.25, -0.2) is 17.9 Å². The average molecular weight is 296 g/mol. The fourth-order valence-electron chi connectivity index (χ4n) is 1.58. The summed E-state index contributed by atoms with van der Waals surface area (Å²) in [5.41, 5.74) is 6.62. The van der Waals surface area contributed by atoms with Crippen molar-refractivity contribution in [2.24, 2.45) is 5.14 Å². The molecule has 0 aliphatic heterocycles. The van der Waals surface area contributed by atoms with Crippen molar-refractivity contribution < 1.29 is 17.5 Å². The smallest absolute Gasteiger partial charge is 0.238 e. The molecule has 0 heterocycles. The number of halogens is 1. The van der Waals surface area contributed by atoms with Crippen LogP contribution in [0, 0.1) is 12.7 Å². The number of sulfonamides is 1. The molecule has 2 aromatic carbocycles. The topological polar surface area (TPSA) is 95.4 Å². The van der Waals surface area contributed by atoms with Gasteiger partial charge in [0.15, 0.2) is 5.75 Å². The van der Waals surface area contributed by atoms with E-state index in [1.807, 2.05) is 0 Å². The molecule has 20 heavy (non-hydrogen) atoms. The molecule has 0 aromatic heterocycles. The number of nitrogen functional groups attached to an aromatic ring is 1. The zero-order valence-electron chi connectivity index (χ0n) is 10.6. The number of primary sulfonamides is 1. The van der Waals surface area contributed by atoms with Crippen molar-refractivity contribution in [2.45, 2.75) is 11.8 Å². The molecule has 2 aromatic rings. The molecule has 7 heteroatoms. The molecule has 0 saturated heterocycles.